The van der Waals surface area contributed by atoms with Gasteiger partial charge >= 0.3 is 12.1 Å². The van der Waals surface area contributed by atoms with Crippen molar-refractivity contribution in [1.82, 2.24) is 10.3 Å². The molecule has 0 fully saturated rings. The summed E-state index contributed by atoms with van der Waals surface area (Å²) in [6, 6.07) is 14.1. The number of pyridine rings is 1. The molecule has 26 heavy (non-hydrogen) atoms. The van der Waals surface area contributed by atoms with Gasteiger partial charge in [-0.1, -0.05) is 36.4 Å². The van der Waals surface area contributed by atoms with Crippen LogP contribution in [-0.4, -0.2) is 33.9 Å². The van der Waals surface area contributed by atoms with Gasteiger partial charge in [-0.2, -0.15) is 11.8 Å². The number of hydrogen-bond donors (Lipinski definition) is 2. The topological polar surface area (TPSA) is 88.5 Å². The monoisotopic (exact) mass is 374 g/mol. The highest BCUT2D eigenvalue weighted by molar-refractivity contribution is 7.98. The zero-order chi connectivity index (χ0) is 18.8. The molecule has 1 aromatic heterocycles. The minimum atomic E-state index is -1.07. The fraction of sp³-hybridized carbons (Fsp3) is 0.316. The third-order valence-corrected chi connectivity index (χ3v) is 4.57. The molecule has 1 atom stereocenters. The van der Waals surface area contributed by atoms with Crippen molar-refractivity contribution in [2.45, 2.75) is 31.7 Å². The van der Waals surface area contributed by atoms with Crippen LogP contribution in [0.4, 0.5) is 4.79 Å². The number of carboxylic acids is 1. The summed E-state index contributed by atoms with van der Waals surface area (Å²) in [4.78, 5) is 27.5. The molecule has 0 spiro atoms. The lowest BCUT2D eigenvalue weighted by Crippen LogP contribution is -2.41. The highest BCUT2D eigenvalue weighted by Gasteiger charge is 2.20. The Labute approximate surface area is 157 Å². The van der Waals surface area contributed by atoms with E-state index in [4.69, 9.17) is 4.74 Å². The molecule has 1 unspecified atom stereocenters. The first-order valence-electron chi connectivity index (χ1n) is 8.25. The van der Waals surface area contributed by atoms with Crippen molar-refractivity contribution >= 4 is 23.8 Å². The van der Waals surface area contributed by atoms with E-state index in [9.17, 15) is 14.7 Å². The number of aromatic nitrogens is 1. The Balaban J connectivity index is 1.72. The number of rotatable bonds is 9. The van der Waals surface area contributed by atoms with E-state index in [1.807, 2.05) is 55.5 Å². The number of nitrogens with one attached hydrogen (secondary N) is 1. The Bertz CT molecular complexity index is 724. The van der Waals surface area contributed by atoms with Crippen molar-refractivity contribution in [3.63, 3.8) is 0 Å². The van der Waals surface area contributed by atoms with Crippen LogP contribution in [0.2, 0.25) is 0 Å². The van der Waals surface area contributed by atoms with E-state index in [2.05, 4.69) is 10.3 Å². The molecule has 0 radical (unpaired) electrons. The van der Waals surface area contributed by atoms with Gasteiger partial charge < -0.3 is 15.2 Å². The van der Waals surface area contributed by atoms with Crippen LogP contribution >= 0.6 is 11.8 Å². The van der Waals surface area contributed by atoms with Gasteiger partial charge in [0.05, 0.1) is 5.69 Å². The molecule has 1 aromatic carbocycles. The van der Waals surface area contributed by atoms with Crippen LogP contribution in [0.5, 0.6) is 0 Å². The number of alkyl carbamates (subject to hydrolysis) is 1. The number of aliphatic carboxylic acids is 1. The Morgan fingerprint density at radius 1 is 1.19 bits per heavy atom. The molecule has 0 saturated carbocycles. The lowest BCUT2D eigenvalue weighted by atomic mass is 10.2. The van der Waals surface area contributed by atoms with E-state index in [0.29, 0.717) is 17.9 Å². The predicted molar refractivity (Wildman–Crippen MR) is 101 cm³/mol. The molecule has 2 rings (SSSR count). The molecular formula is C19H22N2O4S. The zero-order valence-corrected chi connectivity index (χ0v) is 15.4. The normalized spacial score (nSPS) is 11.6. The van der Waals surface area contributed by atoms with Crippen LogP contribution in [0.15, 0.2) is 48.5 Å². The maximum absolute atomic E-state index is 11.8. The average molecular weight is 374 g/mol. The maximum Gasteiger partial charge on any atom is 0.408 e. The molecule has 2 N–H and O–H groups in total. The van der Waals surface area contributed by atoms with Gasteiger partial charge in [0.15, 0.2) is 0 Å². The lowest BCUT2D eigenvalue weighted by molar-refractivity contribution is -0.139. The molecule has 6 nitrogen and oxygen atoms in total. The minimum absolute atomic E-state index is 0.104. The summed E-state index contributed by atoms with van der Waals surface area (Å²) in [5, 5.41) is 11.7. The highest BCUT2D eigenvalue weighted by atomic mass is 32.2. The summed E-state index contributed by atoms with van der Waals surface area (Å²) in [6.07, 6.45) is -0.418. The van der Waals surface area contributed by atoms with Gasteiger partial charge in [-0.3, -0.25) is 4.98 Å². The van der Waals surface area contributed by atoms with Crippen LogP contribution in [0.1, 0.15) is 23.4 Å². The van der Waals surface area contributed by atoms with Gasteiger partial charge in [-0.15, -0.1) is 0 Å². The third kappa shape index (κ3) is 7.14. The van der Waals surface area contributed by atoms with Gasteiger partial charge in [-0.25, -0.2) is 9.59 Å². The zero-order valence-electron chi connectivity index (χ0n) is 14.6. The molecule has 0 aliphatic heterocycles. The summed E-state index contributed by atoms with van der Waals surface area (Å²) in [6.45, 7) is 2.03. The molecule has 0 aliphatic carbocycles. The number of nitrogens with zero attached hydrogens (tertiary/aromatic N) is 1. The number of aryl methyl sites for hydroxylation is 1. The van der Waals surface area contributed by atoms with Crippen molar-refractivity contribution in [2.24, 2.45) is 0 Å². The Morgan fingerprint density at radius 3 is 2.65 bits per heavy atom. The van der Waals surface area contributed by atoms with E-state index in [1.54, 1.807) is 11.8 Å². The first-order chi connectivity index (χ1) is 12.5. The fourth-order valence-corrected chi connectivity index (χ4v) is 3.14. The number of carboxylic acid groups (broad SMARTS) is 1. The van der Waals surface area contributed by atoms with Crippen molar-refractivity contribution in [1.29, 1.82) is 0 Å². The average Bonchev–Trinajstić information content (AvgIpc) is 2.63. The summed E-state index contributed by atoms with van der Waals surface area (Å²) in [5.74, 6) is 0.217. The number of hydrogen-bond acceptors (Lipinski definition) is 5. The van der Waals surface area contributed by atoms with Gasteiger partial charge in [-0.05, 0) is 36.8 Å². The Hall–Kier alpha value is -2.54. The Kier molecular flexibility index (Phi) is 7.95. The molecule has 0 aliphatic rings. The molecule has 138 valence electrons. The first-order valence-corrected chi connectivity index (χ1v) is 9.40. The summed E-state index contributed by atoms with van der Waals surface area (Å²) < 4.78 is 5.07. The smallest absolute Gasteiger partial charge is 0.408 e. The predicted octanol–water partition coefficient (Wildman–Crippen LogP) is 3.39. The molecule has 1 heterocycles. The van der Waals surface area contributed by atoms with Crippen LogP contribution in [0.25, 0.3) is 0 Å². The van der Waals surface area contributed by atoms with Crippen molar-refractivity contribution in [3.05, 3.63) is 65.5 Å². The van der Waals surface area contributed by atoms with Gasteiger partial charge in [0, 0.05) is 11.4 Å². The quantitative estimate of drug-likeness (QED) is 0.654. The number of benzene rings is 1. The second kappa shape index (κ2) is 10.5. The van der Waals surface area contributed by atoms with Crippen molar-refractivity contribution < 1.29 is 19.4 Å². The second-order valence-corrected chi connectivity index (χ2v) is 6.81. The summed E-state index contributed by atoms with van der Waals surface area (Å²) in [5.41, 5.74) is 2.75. The summed E-state index contributed by atoms with van der Waals surface area (Å²) >= 11 is 1.58. The largest absolute Gasteiger partial charge is 0.480 e. The molecule has 0 bridgehead atoms. The van der Waals surface area contributed by atoms with Crippen LogP contribution in [0.3, 0.4) is 0 Å². The molecular weight excluding hydrogens is 352 g/mol. The van der Waals surface area contributed by atoms with E-state index >= 15 is 0 Å². The number of ether oxygens (including phenoxy) is 1. The van der Waals surface area contributed by atoms with Crippen LogP contribution in [-0.2, 0) is 21.9 Å². The van der Waals surface area contributed by atoms with Gasteiger partial charge in [0.25, 0.3) is 0 Å². The van der Waals surface area contributed by atoms with E-state index in [0.717, 1.165) is 17.0 Å². The third-order valence-electron chi connectivity index (χ3n) is 3.55. The minimum Gasteiger partial charge on any atom is -0.480 e. The van der Waals surface area contributed by atoms with Gasteiger partial charge in [0.1, 0.15) is 12.6 Å². The number of carbonyl (C=O) groups is 2. The fourth-order valence-electron chi connectivity index (χ4n) is 2.22. The lowest BCUT2D eigenvalue weighted by Gasteiger charge is -2.14. The second-order valence-electron chi connectivity index (χ2n) is 5.71. The Morgan fingerprint density at radius 2 is 1.96 bits per heavy atom. The van der Waals surface area contributed by atoms with Crippen molar-refractivity contribution in [2.75, 3.05) is 5.75 Å². The SMILES string of the molecule is Cc1cccc(CSCCC(NC(=O)OCc2ccccc2)C(=O)O)n1. The van der Waals surface area contributed by atoms with Crippen LogP contribution in [0, 0.1) is 6.92 Å². The van der Waals surface area contributed by atoms with E-state index in [1.165, 1.54) is 0 Å². The standard InChI is InChI=1S/C19H22N2O4S/c1-14-6-5-9-16(20-14)13-26-11-10-17(18(22)23)21-19(24)25-12-15-7-3-2-4-8-15/h2-9,17H,10-13H2,1H3,(H,21,24)(H,22,23). The number of carbonyl (C=O) groups excluding carboxylic acids is 1. The first kappa shape index (κ1) is 19.8. The molecule has 1 amide bonds. The van der Waals surface area contributed by atoms with Crippen LogP contribution < -0.4 is 5.32 Å². The molecule has 2 aromatic rings. The van der Waals surface area contributed by atoms with Gasteiger partial charge in [0.2, 0.25) is 0 Å². The maximum atomic E-state index is 11.8. The van der Waals surface area contributed by atoms with E-state index < -0.39 is 18.1 Å². The van der Waals surface area contributed by atoms with E-state index in [-0.39, 0.29) is 6.61 Å². The molecule has 7 heteroatoms. The number of amides is 1. The summed E-state index contributed by atoms with van der Waals surface area (Å²) in [7, 11) is 0. The number of thioether (sulfide) groups is 1. The molecule has 0 saturated heterocycles. The highest BCUT2D eigenvalue weighted by Crippen LogP contribution is 2.13. The van der Waals surface area contributed by atoms with Crippen molar-refractivity contribution in [3.8, 4) is 0 Å².